The number of aliphatic hydroxyl groups excluding tert-OH is 1. The first-order valence-corrected chi connectivity index (χ1v) is 6.11. The lowest BCUT2D eigenvalue weighted by molar-refractivity contribution is 0.238. The molecule has 0 spiro atoms. The molecular formula is C17H16O. The summed E-state index contributed by atoms with van der Waals surface area (Å²) in [5.74, 6) is 5.91. The smallest absolute Gasteiger partial charge is 0.140 e. The fourth-order valence-corrected chi connectivity index (χ4v) is 1.74. The molecule has 0 aliphatic carbocycles. The van der Waals surface area contributed by atoms with Crippen LogP contribution in [0.2, 0.25) is 0 Å². The molecule has 1 heteroatoms. The maximum atomic E-state index is 9.84. The molecule has 0 aliphatic heterocycles. The molecule has 0 saturated carbocycles. The van der Waals surface area contributed by atoms with Crippen molar-refractivity contribution in [3.63, 3.8) is 0 Å². The molecule has 0 saturated heterocycles. The van der Waals surface area contributed by atoms with Gasteiger partial charge in [0.25, 0.3) is 0 Å². The van der Waals surface area contributed by atoms with Crippen LogP contribution in [0.5, 0.6) is 0 Å². The van der Waals surface area contributed by atoms with Crippen molar-refractivity contribution in [1.29, 1.82) is 0 Å². The first-order valence-electron chi connectivity index (χ1n) is 6.11. The van der Waals surface area contributed by atoms with Crippen LogP contribution in [0.1, 0.15) is 23.7 Å². The summed E-state index contributed by atoms with van der Waals surface area (Å²) in [5.41, 5.74) is 2.13. The molecule has 0 aromatic heterocycles. The third-order valence-corrected chi connectivity index (χ3v) is 2.74. The molecule has 0 fully saturated rings. The van der Waals surface area contributed by atoms with E-state index in [0.29, 0.717) is 0 Å². The van der Waals surface area contributed by atoms with E-state index in [1.165, 1.54) is 5.56 Å². The molecule has 1 atom stereocenters. The van der Waals surface area contributed by atoms with Crippen molar-refractivity contribution in [3.8, 4) is 11.8 Å². The molecule has 1 N–H and O–H groups in total. The van der Waals surface area contributed by atoms with Crippen molar-refractivity contribution in [2.75, 3.05) is 0 Å². The summed E-state index contributed by atoms with van der Waals surface area (Å²) in [6, 6.07) is 19.8. The predicted molar refractivity (Wildman–Crippen MR) is 73.9 cm³/mol. The maximum Gasteiger partial charge on any atom is 0.140 e. The quantitative estimate of drug-likeness (QED) is 0.810. The van der Waals surface area contributed by atoms with Gasteiger partial charge in [-0.15, -0.1) is 0 Å². The van der Waals surface area contributed by atoms with Gasteiger partial charge in [-0.05, 0) is 17.5 Å². The highest BCUT2D eigenvalue weighted by molar-refractivity contribution is 5.25. The van der Waals surface area contributed by atoms with Gasteiger partial charge < -0.3 is 5.11 Å². The van der Waals surface area contributed by atoms with Crippen molar-refractivity contribution < 1.29 is 5.11 Å². The lowest BCUT2D eigenvalue weighted by Gasteiger charge is -2.02. The minimum atomic E-state index is -0.679. The van der Waals surface area contributed by atoms with Crippen molar-refractivity contribution in [2.45, 2.75) is 18.9 Å². The number of rotatable bonds is 3. The minimum Gasteiger partial charge on any atom is -0.376 e. The van der Waals surface area contributed by atoms with Crippen molar-refractivity contribution in [1.82, 2.24) is 0 Å². The summed E-state index contributed by atoms with van der Waals surface area (Å²) in [5, 5.41) is 9.84. The Bertz CT molecular complexity index is 520. The van der Waals surface area contributed by atoms with Gasteiger partial charge in [0.15, 0.2) is 0 Å². The fraction of sp³-hybridized carbons (Fsp3) is 0.176. The van der Waals surface area contributed by atoms with Gasteiger partial charge in [-0.2, -0.15) is 0 Å². The van der Waals surface area contributed by atoms with Gasteiger partial charge in [0.2, 0.25) is 0 Å². The van der Waals surface area contributed by atoms with E-state index in [1.54, 1.807) is 0 Å². The number of aryl methyl sites for hydroxylation is 1. The van der Waals surface area contributed by atoms with Crippen LogP contribution in [0.4, 0.5) is 0 Å². The van der Waals surface area contributed by atoms with Crippen molar-refractivity contribution in [3.05, 3.63) is 71.8 Å². The Balaban J connectivity index is 1.86. The Morgan fingerprint density at radius 2 is 1.50 bits per heavy atom. The molecule has 0 aliphatic rings. The number of hydrogen-bond donors (Lipinski definition) is 1. The molecule has 2 rings (SSSR count). The van der Waals surface area contributed by atoms with E-state index >= 15 is 0 Å². The molecule has 0 unspecified atom stereocenters. The van der Waals surface area contributed by atoms with E-state index in [9.17, 15) is 5.11 Å². The predicted octanol–water partition coefficient (Wildman–Crippen LogP) is 3.36. The van der Waals surface area contributed by atoms with Crippen molar-refractivity contribution >= 4 is 0 Å². The van der Waals surface area contributed by atoms with Crippen LogP contribution in [-0.4, -0.2) is 5.11 Å². The molecule has 0 amide bonds. The molecule has 2 aromatic carbocycles. The van der Waals surface area contributed by atoms with Gasteiger partial charge in [-0.1, -0.05) is 72.5 Å². The lowest BCUT2D eigenvalue weighted by atomic mass is 10.1. The monoisotopic (exact) mass is 236 g/mol. The van der Waals surface area contributed by atoms with Gasteiger partial charge in [0.1, 0.15) is 6.10 Å². The van der Waals surface area contributed by atoms with Gasteiger partial charge in [0, 0.05) is 6.42 Å². The van der Waals surface area contributed by atoms with E-state index in [0.717, 1.165) is 18.4 Å². The van der Waals surface area contributed by atoms with E-state index in [4.69, 9.17) is 0 Å². The van der Waals surface area contributed by atoms with Crippen LogP contribution < -0.4 is 0 Å². The summed E-state index contributed by atoms with van der Waals surface area (Å²) in [7, 11) is 0. The zero-order chi connectivity index (χ0) is 12.6. The number of hydrogen-bond acceptors (Lipinski definition) is 1. The molecule has 0 radical (unpaired) electrons. The van der Waals surface area contributed by atoms with Crippen LogP contribution in [-0.2, 0) is 6.42 Å². The zero-order valence-electron chi connectivity index (χ0n) is 10.2. The Morgan fingerprint density at radius 3 is 2.17 bits per heavy atom. The van der Waals surface area contributed by atoms with E-state index in [2.05, 4.69) is 24.0 Å². The Labute approximate surface area is 108 Å². The van der Waals surface area contributed by atoms with Crippen LogP contribution in [0, 0.1) is 11.8 Å². The highest BCUT2D eigenvalue weighted by Gasteiger charge is 2.00. The highest BCUT2D eigenvalue weighted by atomic mass is 16.3. The second-order valence-corrected chi connectivity index (χ2v) is 4.12. The van der Waals surface area contributed by atoms with E-state index in [-0.39, 0.29) is 0 Å². The average Bonchev–Trinajstić information content (AvgIpc) is 2.45. The van der Waals surface area contributed by atoms with Gasteiger partial charge >= 0.3 is 0 Å². The first kappa shape index (κ1) is 12.4. The molecule has 90 valence electrons. The van der Waals surface area contributed by atoms with Crippen LogP contribution in [0.15, 0.2) is 60.7 Å². The third-order valence-electron chi connectivity index (χ3n) is 2.74. The molecule has 0 heterocycles. The van der Waals surface area contributed by atoms with E-state index in [1.807, 2.05) is 48.5 Å². The maximum absolute atomic E-state index is 9.84. The summed E-state index contributed by atoms with van der Waals surface area (Å²) in [6.45, 7) is 0. The third kappa shape index (κ3) is 3.76. The molecule has 2 aromatic rings. The SMILES string of the molecule is O[C@@H](C#CCCc1ccccc1)c1ccccc1. The van der Waals surface area contributed by atoms with Gasteiger partial charge in [-0.25, -0.2) is 0 Å². The second kappa shape index (κ2) is 6.64. The Hall–Kier alpha value is -2.04. The van der Waals surface area contributed by atoms with Crippen LogP contribution in [0.3, 0.4) is 0 Å². The van der Waals surface area contributed by atoms with Gasteiger partial charge in [-0.3, -0.25) is 0 Å². The topological polar surface area (TPSA) is 20.2 Å². The number of benzene rings is 2. The molecule has 0 bridgehead atoms. The summed E-state index contributed by atoms with van der Waals surface area (Å²) in [6.07, 6.45) is 1.02. The lowest BCUT2D eigenvalue weighted by Crippen LogP contribution is -1.92. The minimum absolute atomic E-state index is 0.679. The zero-order valence-corrected chi connectivity index (χ0v) is 10.2. The first-order chi connectivity index (χ1) is 8.86. The van der Waals surface area contributed by atoms with Gasteiger partial charge in [0.05, 0.1) is 0 Å². The highest BCUT2D eigenvalue weighted by Crippen LogP contribution is 2.10. The Kier molecular flexibility index (Phi) is 4.58. The molecule has 18 heavy (non-hydrogen) atoms. The molecule has 1 nitrogen and oxygen atoms in total. The summed E-state index contributed by atoms with van der Waals surface area (Å²) >= 11 is 0. The fourth-order valence-electron chi connectivity index (χ4n) is 1.74. The van der Waals surface area contributed by atoms with Crippen LogP contribution >= 0.6 is 0 Å². The normalized spacial score (nSPS) is 11.4. The standard InChI is InChI=1S/C17H16O/c18-17(16-12-5-2-6-13-16)14-8-7-11-15-9-3-1-4-10-15/h1-6,9-10,12-13,17-18H,7,11H2/t17-/m0/s1. The van der Waals surface area contributed by atoms with E-state index < -0.39 is 6.10 Å². The van der Waals surface area contributed by atoms with Crippen molar-refractivity contribution in [2.24, 2.45) is 0 Å². The molecular weight excluding hydrogens is 220 g/mol. The Morgan fingerprint density at radius 1 is 0.889 bits per heavy atom. The average molecular weight is 236 g/mol. The summed E-state index contributed by atoms with van der Waals surface area (Å²) in [4.78, 5) is 0. The largest absolute Gasteiger partial charge is 0.376 e. The second-order valence-electron chi connectivity index (χ2n) is 4.12. The number of aliphatic hydroxyl groups is 1. The summed E-state index contributed by atoms with van der Waals surface area (Å²) < 4.78 is 0. The van der Waals surface area contributed by atoms with Crippen LogP contribution in [0.25, 0.3) is 0 Å².